The van der Waals surface area contributed by atoms with E-state index in [4.69, 9.17) is 4.42 Å². The van der Waals surface area contributed by atoms with Crippen LogP contribution < -0.4 is 4.90 Å². The van der Waals surface area contributed by atoms with E-state index >= 15 is 0 Å². The Morgan fingerprint density at radius 1 is 0.233 bits per heavy atom. The molecule has 0 saturated carbocycles. The van der Waals surface area contributed by atoms with Gasteiger partial charge in [0.25, 0.3) is 0 Å². The number of anilines is 3. The van der Waals surface area contributed by atoms with Crippen molar-refractivity contribution in [2.45, 2.75) is 0 Å². The minimum Gasteiger partial charge on any atom is -0.456 e. The van der Waals surface area contributed by atoms with Crippen LogP contribution in [0.5, 0.6) is 0 Å². The van der Waals surface area contributed by atoms with Gasteiger partial charge in [-0.3, -0.25) is 0 Å². The molecule has 0 aliphatic rings. The van der Waals surface area contributed by atoms with Crippen molar-refractivity contribution < 1.29 is 4.42 Å². The number of fused-ring (bicyclic) bond motifs is 4. The zero-order valence-corrected chi connectivity index (χ0v) is 32.9. The molecule has 0 aliphatic carbocycles. The highest BCUT2D eigenvalue weighted by molar-refractivity contribution is 6.19. The van der Waals surface area contributed by atoms with Gasteiger partial charge in [0.05, 0.1) is 0 Å². The molecule has 282 valence electrons. The molecule has 0 atom stereocenters. The lowest BCUT2D eigenvalue weighted by molar-refractivity contribution is 0.669. The summed E-state index contributed by atoms with van der Waals surface area (Å²) >= 11 is 0. The maximum atomic E-state index is 6.35. The number of furan rings is 1. The number of benzene rings is 10. The maximum Gasteiger partial charge on any atom is 0.137 e. The van der Waals surface area contributed by atoms with Gasteiger partial charge in [0.1, 0.15) is 11.2 Å². The fraction of sp³-hybridized carbons (Fsp3) is 0. The van der Waals surface area contributed by atoms with Crippen molar-refractivity contribution in [2.75, 3.05) is 4.90 Å². The summed E-state index contributed by atoms with van der Waals surface area (Å²) < 4.78 is 6.35. The van der Waals surface area contributed by atoms with Gasteiger partial charge in [-0.2, -0.15) is 0 Å². The van der Waals surface area contributed by atoms with Gasteiger partial charge in [-0.1, -0.05) is 182 Å². The first-order valence-corrected chi connectivity index (χ1v) is 20.5. The maximum absolute atomic E-state index is 6.35. The van der Waals surface area contributed by atoms with Gasteiger partial charge >= 0.3 is 0 Å². The summed E-state index contributed by atoms with van der Waals surface area (Å²) in [6, 6.07) is 84.9. The van der Waals surface area contributed by atoms with Crippen molar-refractivity contribution in [3.63, 3.8) is 0 Å². The summed E-state index contributed by atoms with van der Waals surface area (Å²) in [4.78, 5) is 2.30. The van der Waals surface area contributed by atoms with E-state index in [2.05, 4.69) is 229 Å². The standard InChI is InChI=1S/C58H39NO/c1-6-18-41(19-7-1)55-51-36-32-45(38-52(51)56(42-20-8-2-9-21-42)58(44-24-12-4-13-25-44)57(55)43-22-10-3-11-23-43)40-30-33-47(34-31-40)59(46-26-14-5-15-27-46)48-35-37-50-49-28-16-17-29-53(49)60-54(50)39-48/h1-39H. The summed E-state index contributed by atoms with van der Waals surface area (Å²) in [5.74, 6) is 0. The smallest absolute Gasteiger partial charge is 0.137 e. The van der Waals surface area contributed by atoms with Crippen LogP contribution in [0.3, 0.4) is 0 Å². The SMILES string of the molecule is c1ccc(-c2c(-c3ccccc3)c(-c3ccccc3)c3cc(-c4ccc(N(c5ccccc5)c5ccc6c(c5)oc5ccccc56)cc4)ccc3c2-c2ccccc2)cc1. The summed E-state index contributed by atoms with van der Waals surface area (Å²) in [5, 5.41) is 4.68. The fourth-order valence-corrected chi connectivity index (χ4v) is 8.95. The fourth-order valence-electron chi connectivity index (χ4n) is 8.95. The van der Waals surface area contributed by atoms with Crippen LogP contribution in [0.25, 0.3) is 88.3 Å². The van der Waals surface area contributed by atoms with Crippen molar-refractivity contribution >= 4 is 49.8 Å². The first kappa shape index (κ1) is 35.2. The number of hydrogen-bond donors (Lipinski definition) is 0. The van der Waals surface area contributed by atoms with Gasteiger partial charge in [-0.25, -0.2) is 0 Å². The second kappa shape index (κ2) is 15.1. The third kappa shape index (κ3) is 6.23. The Morgan fingerprint density at radius 2 is 0.650 bits per heavy atom. The Balaban J connectivity index is 1.12. The molecule has 0 aliphatic heterocycles. The van der Waals surface area contributed by atoms with Gasteiger partial charge in [0.2, 0.25) is 0 Å². The molecule has 1 aromatic heterocycles. The lowest BCUT2D eigenvalue weighted by atomic mass is 9.78. The summed E-state index contributed by atoms with van der Waals surface area (Å²) in [5.41, 5.74) is 16.9. The largest absolute Gasteiger partial charge is 0.456 e. The number of nitrogens with zero attached hydrogens (tertiary/aromatic N) is 1. The minimum atomic E-state index is 0.872. The molecule has 0 bridgehead atoms. The Morgan fingerprint density at radius 3 is 1.23 bits per heavy atom. The molecule has 0 spiro atoms. The average molecular weight is 766 g/mol. The third-order valence-electron chi connectivity index (χ3n) is 11.7. The Hall–Kier alpha value is -7.94. The highest BCUT2D eigenvalue weighted by atomic mass is 16.3. The molecular formula is C58H39NO. The highest BCUT2D eigenvalue weighted by Gasteiger charge is 2.24. The van der Waals surface area contributed by atoms with Gasteiger partial charge in [0, 0.05) is 33.9 Å². The summed E-state index contributed by atoms with van der Waals surface area (Å²) in [6.45, 7) is 0. The molecule has 10 aromatic carbocycles. The molecule has 60 heavy (non-hydrogen) atoms. The highest BCUT2D eigenvalue weighted by Crippen LogP contribution is 2.51. The normalized spacial score (nSPS) is 11.3. The predicted octanol–water partition coefficient (Wildman–Crippen LogP) is 16.5. The first-order valence-electron chi connectivity index (χ1n) is 20.5. The van der Waals surface area contributed by atoms with Crippen LogP contribution in [0, 0.1) is 0 Å². The summed E-state index contributed by atoms with van der Waals surface area (Å²) in [6.07, 6.45) is 0. The zero-order chi connectivity index (χ0) is 39.8. The van der Waals surface area contributed by atoms with Gasteiger partial charge in [-0.05, 0) is 115 Å². The van der Waals surface area contributed by atoms with E-state index in [9.17, 15) is 0 Å². The van der Waals surface area contributed by atoms with E-state index < -0.39 is 0 Å². The number of rotatable bonds is 8. The molecule has 1 heterocycles. The van der Waals surface area contributed by atoms with Crippen molar-refractivity contribution in [3.8, 4) is 55.6 Å². The van der Waals surface area contributed by atoms with Crippen LogP contribution in [0.4, 0.5) is 17.1 Å². The van der Waals surface area contributed by atoms with Gasteiger partial charge in [-0.15, -0.1) is 0 Å². The molecule has 2 nitrogen and oxygen atoms in total. The molecule has 0 unspecified atom stereocenters. The van der Waals surface area contributed by atoms with Crippen LogP contribution in [0.15, 0.2) is 241 Å². The van der Waals surface area contributed by atoms with Crippen LogP contribution in [-0.4, -0.2) is 0 Å². The first-order chi connectivity index (χ1) is 29.8. The van der Waals surface area contributed by atoms with Gasteiger partial charge < -0.3 is 9.32 Å². The van der Waals surface area contributed by atoms with Crippen molar-refractivity contribution in [3.05, 3.63) is 237 Å². The molecule has 11 aromatic rings. The number of para-hydroxylation sites is 2. The van der Waals surface area contributed by atoms with Crippen molar-refractivity contribution in [1.29, 1.82) is 0 Å². The predicted molar refractivity (Wildman–Crippen MR) is 253 cm³/mol. The average Bonchev–Trinajstić information content (AvgIpc) is 3.70. The van der Waals surface area contributed by atoms with E-state index in [0.29, 0.717) is 0 Å². The van der Waals surface area contributed by atoms with Crippen LogP contribution in [-0.2, 0) is 0 Å². The molecule has 0 saturated heterocycles. The van der Waals surface area contributed by atoms with E-state index in [-0.39, 0.29) is 0 Å². The molecule has 0 amide bonds. The van der Waals surface area contributed by atoms with E-state index in [0.717, 1.165) is 50.1 Å². The molecule has 11 rings (SSSR count). The van der Waals surface area contributed by atoms with E-state index in [1.54, 1.807) is 0 Å². The monoisotopic (exact) mass is 765 g/mol. The van der Waals surface area contributed by atoms with Crippen LogP contribution in [0.1, 0.15) is 0 Å². The van der Waals surface area contributed by atoms with Crippen molar-refractivity contribution in [1.82, 2.24) is 0 Å². The van der Waals surface area contributed by atoms with Crippen LogP contribution in [0.2, 0.25) is 0 Å². The third-order valence-corrected chi connectivity index (χ3v) is 11.7. The second-order valence-corrected chi connectivity index (χ2v) is 15.2. The lowest BCUT2D eigenvalue weighted by Crippen LogP contribution is -2.09. The molecule has 0 N–H and O–H groups in total. The topological polar surface area (TPSA) is 16.4 Å². The molecule has 2 heteroatoms. The minimum absolute atomic E-state index is 0.872. The number of hydrogen-bond acceptors (Lipinski definition) is 2. The molecule has 0 radical (unpaired) electrons. The van der Waals surface area contributed by atoms with Crippen molar-refractivity contribution in [2.24, 2.45) is 0 Å². The quantitative estimate of drug-likeness (QED) is 0.153. The molecule has 0 fully saturated rings. The van der Waals surface area contributed by atoms with Crippen LogP contribution >= 0.6 is 0 Å². The zero-order valence-electron chi connectivity index (χ0n) is 32.9. The molecular weight excluding hydrogens is 727 g/mol. The Kier molecular flexibility index (Phi) is 8.87. The van der Waals surface area contributed by atoms with E-state index in [1.807, 2.05) is 12.1 Å². The lowest BCUT2D eigenvalue weighted by Gasteiger charge is -2.26. The van der Waals surface area contributed by atoms with E-state index in [1.165, 1.54) is 55.3 Å². The summed E-state index contributed by atoms with van der Waals surface area (Å²) in [7, 11) is 0. The second-order valence-electron chi connectivity index (χ2n) is 15.2. The Bertz CT molecular complexity index is 3270. The Labute approximate surface area is 349 Å². The van der Waals surface area contributed by atoms with Gasteiger partial charge in [0.15, 0.2) is 0 Å².